The lowest BCUT2D eigenvalue weighted by molar-refractivity contribution is 0.101. The van der Waals surface area contributed by atoms with E-state index in [9.17, 15) is 4.79 Å². The van der Waals surface area contributed by atoms with Gasteiger partial charge in [0, 0.05) is 18.0 Å². The second-order valence-electron chi connectivity index (χ2n) is 3.97. The lowest BCUT2D eigenvalue weighted by Crippen LogP contribution is -1.96. The number of anilines is 2. The zero-order valence-electron chi connectivity index (χ0n) is 10.1. The van der Waals surface area contributed by atoms with E-state index in [1.165, 1.54) is 29.4 Å². The van der Waals surface area contributed by atoms with Crippen molar-refractivity contribution in [3.8, 4) is 0 Å². The smallest absolute Gasteiger partial charge is 0.187 e. The molecule has 2 aromatic rings. The second kappa shape index (κ2) is 4.67. The van der Waals surface area contributed by atoms with E-state index in [1.54, 1.807) is 5.38 Å². The monoisotopic (exact) mass is 246 g/mol. The van der Waals surface area contributed by atoms with Gasteiger partial charge in [0.1, 0.15) is 5.69 Å². The summed E-state index contributed by atoms with van der Waals surface area (Å²) in [5.41, 5.74) is 3.99. The molecule has 1 aromatic heterocycles. The Labute approximate surface area is 105 Å². The van der Waals surface area contributed by atoms with Crippen molar-refractivity contribution in [2.45, 2.75) is 20.8 Å². The molecule has 1 heterocycles. The van der Waals surface area contributed by atoms with Gasteiger partial charge in [-0.1, -0.05) is 12.1 Å². The van der Waals surface area contributed by atoms with Crippen molar-refractivity contribution in [3.63, 3.8) is 0 Å². The summed E-state index contributed by atoms with van der Waals surface area (Å²) in [7, 11) is 0. The molecule has 1 N–H and O–H groups in total. The Kier molecular flexibility index (Phi) is 3.24. The zero-order chi connectivity index (χ0) is 12.4. The van der Waals surface area contributed by atoms with Crippen LogP contribution in [0.3, 0.4) is 0 Å². The second-order valence-corrected chi connectivity index (χ2v) is 4.82. The molecule has 0 saturated carbocycles. The van der Waals surface area contributed by atoms with Gasteiger partial charge in [-0.25, -0.2) is 4.98 Å². The molecule has 3 nitrogen and oxygen atoms in total. The number of nitrogens with zero attached hydrogens (tertiary/aromatic N) is 1. The SMILES string of the molecule is CC(=O)c1csc(Nc2cccc(C)c2C)n1. The van der Waals surface area contributed by atoms with Crippen molar-refractivity contribution < 1.29 is 4.79 Å². The number of carbonyl (C=O) groups is 1. The largest absolute Gasteiger partial charge is 0.331 e. The van der Waals surface area contributed by atoms with Crippen molar-refractivity contribution in [1.29, 1.82) is 0 Å². The quantitative estimate of drug-likeness (QED) is 0.839. The first-order valence-electron chi connectivity index (χ1n) is 5.37. The molecule has 0 bridgehead atoms. The van der Waals surface area contributed by atoms with Gasteiger partial charge in [-0.05, 0) is 31.0 Å². The number of carbonyl (C=O) groups excluding carboxylic acids is 1. The molecule has 88 valence electrons. The van der Waals surface area contributed by atoms with E-state index in [1.807, 2.05) is 12.1 Å². The number of thiazole rings is 1. The topological polar surface area (TPSA) is 42.0 Å². The molecule has 0 amide bonds. The van der Waals surface area contributed by atoms with Crippen LogP contribution < -0.4 is 5.32 Å². The predicted molar refractivity (Wildman–Crippen MR) is 71.3 cm³/mol. The Bertz CT molecular complexity index is 560. The Balaban J connectivity index is 2.25. The fraction of sp³-hybridized carbons (Fsp3) is 0.231. The van der Waals surface area contributed by atoms with E-state index >= 15 is 0 Å². The van der Waals surface area contributed by atoms with Gasteiger partial charge >= 0.3 is 0 Å². The Morgan fingerprint density at radius 1 is 1.35 bits per heavy atom. The van der Waals surface area contributed by atoms with Gasteiger partial charge in [-0.2, -0.15) is 0 Å². The van der Waals surface area contributed by atoms with Crippen LogP contribution in [0.1, 0.15) is 28.5 Å². The third-order valence-electron chi connectivity index (χ3n) is 2.71. The van der Waals surface area contributed by atoms with Gasteiger partial charge in [-0.3, -0.25) is 4.79 Å². The van der Waals surface area contributed by atoms with Crippen LogP contribution in [0, 0.1) is 13.8 Å². The molecule has 0 aliphatic rings. The Morgan fingerprint density at radius 2 is 2.12 bits per heavy atom. The van der Waals surface area contributed by atoms with Crippen molar-refractivity contribution in [2.75, 3.05) is 5.32 Å². The number of nitrogens with one attached hydrogen (secondary N) is 1. The molecule has 2 rings (SSSR count). The van der Waals surface area contributed by atoms with E-state index in [-0.39, 0.29) is 5.78 Å². The maximum atomic E-state index is 11.1. The van der Waals surface area contributed by atoms with Gasteiger partial charge in [0.05, 0.1) is 0 Å². The first kappa shape index (κ1) is 11.8. The van der Waals surface area contributed by atoms with Gasteiger partial charge in [-0.15, -0.1) is 11.3 Å². The van der Waals surface area contributed by atoms with Crippen molar-refractivity contribution in [3.05, 3.63) is 40.4 Å². The first-order valence-corrected chi connectivity index (χ1v) is 6.25. The first-order chi connectivity index (χ1) is 8.08. The number of aryl methyl sites for hydroxylation is 1. The molecule has 1 aromatic carbocycles. The minimum atomic E-state index is -0.00439. The number of benzene rings is 1. The summed E-state index contributed by atoms with van der Waals surface area (Å²) < 4.78 is 0. The van der Waals surface area contributed by atoms with Crippen LogP contribution in [0.4, 0.5) is 10.8 Å². The number of Topliss-reactive ketones (excluding diaryl/α,β-unsaturated/α-hetero) is 1. The van der Waals surface area contributed by atoms with Crippen LogP contribution in [0.15, 0.2) is 23.6 Å². The molecular weight excluding hydrogens is 232 g/mol. The molecule has 0 fully saturated rings. The summed E-state index contributed by atoms with van der Waals surface area (Å²) in [6.07, 6.45) is 0. The highest BCUT2D eigenvalue weighted by Crippen LogP contribution is 2.25. The molecule has 0 aliphatic carbocycles. The molecular formula is C13H14N2OS. The van der Waals surface area contributed by atoms with Crippen LogP contribution in [0.25, 0.3) is 0 Å². The molecule has 17 heavy (non-hydrogen) atoms. The summed E-state index contributed by atoms with van der Waals surface area (Å²) >= 11 is 1.44. The number of ketones is 1. The highest BCUT2D eigenvalue weighted by Gasteiger charge is 2.07. The summed E-state index contributed by atoms with van der Waals surface area (Å²) in [6.45, 7) is 5.66. The molecule has 0 aliphatic heterocycles. The van der Waals surface area contributed by atoms with Gasteiger partial charge in [0.15, 0.2) is 10.9 Å². The minimum absolute atomic E-state index is 0.00439. The van der Waals surface area contributed by atoms with E-state index in [2.05, 4.69) is 30.2 Å². The zero-order valence-corrected chi connectivity index (χ0v) is 10.9. The number of rotatable bonds is 3. The minimum Gasteiger partial charge on any atom is -0.331 e. The summed E-state index contributed by atoms with van der Waals surface area (Å²) in [4.78, 5) is 15.4. The third-order valence-corrected chi connectivity index (χ3v) is 3.47. The lowest BCUT2D eigenvalue weighted by Gasteiger charge is -2.08. The van der Waals surface area contributed by atoms with Crippen molar-refractivity contribution in [1.82, 2.24) is 4.98 Å². The predicted octanol–water partition coefficient (Wildman–Crippen LogP) is 3.71. The van der Waals surface area contributed by atoms with Crippen LogP contribution in [0.5, 0.6) is 0 Å². The fourth-order valence-corrected chi connectivity index (χ4v) is 2.26. The average molecular weight is 246 g/mol. The average Bonchev–Trinajstić information content (AvgIpc) is 2.73. The highest BCUT2D eigenvalue weighted by atomic mass is 32.1. The van der Waals surface area contributed by atoms with Gasteiger partial charge in [0.2, 0.25) is 0 Å². The maximum Gasteiger partial charge on any atom is 0.187 e. The summed E-state index contributed by atoms with van der Waals surface area (Å²) in [5.74, 6) is -0.00439. The van der Waals surface area contributed by atoms with Crippen LogP contribution >= 0.6 is 11.3 Å². The van der Waals surface area contributed by atoms with E-state index < -0.39 is 0 Å². The van der Waals surface area contributed by atoms with Crippen LogP contribution in [-0.2, 0) is 0 Å². The van der Waals surface area contributed by atoms with Gasteiger partial charge in [0.25, 0.3) is 0 Å². The molecule has 0 saturated heterocycles. The number of hydrogen-bond donors (Lipinski definition) is 1. The van der Waals surface area contributed by atoms with Crippen LogP contribution in [-0.4, -0.2) is 10.8 Å². The molecule has 0 radical (unpaired) electrons. The molecule has 0 atom stereocenters. The summed E-state index contributed by atoms with van der Waals surface area (Å²) in [6, 6.07) is 6.09. The summed E-state index contributed by atoms with van der Waals surface area (Å²) in [5, 5.41) is 5.77. The standard InChI is InChI=1S/C13H14N2OS/c1-8-5-4-6-11(9(8)2)14-13-15-12(7-17-13)10(3)16/h4-7H,1-3H3,(H,14,15). The Morgan fingerprint density at radius 3 is 2.76 bits per heavy atom. The fourth-order valence-electron chi connectivity index (χ4n) is 1.49. The van der Waals surface area contributed by atoms with Crippen molar-refractivity contribution in [2.24, 2.45) is 0 Å². The van der Waals surface area contributed by atoms with E-state index in [4.69, 9.17) is 0 Å². The maximum absolute atomic E-state index is 11.1. The molecule has 0 unspecified atom stereocenters. The normalized spacial score (nSPS) is 10.3. The number of hydrogen-bond acceptors (Lipinski definition) is 4. The van der Waals surface area contributed by atoms with Crippen molar-refractivity contribution >= 4 is 27.9 Å². The highest BCUT2D eigenvalue weighted by molar-refractivity contribution is 7.14. The molecule has 4 heteroatoms. The van der Waals surface area contributed by atoms with Gasteiger partial charge < -0.3 is 5.32 Å². The number of aromatic nitrogens is 1. The third kappa shape index (κ3) is 2.53. The van der Waals surface area contributed by atoms with E-state index in [0.717, 1.165) is 10.8 Å². The Hall–Kier alpha value is -1.68. The molecule has 0 spiro atoms. The lowest BCUT2D eigenvalue weighted by atomic mass is 10.1. The van der Waals surface area contributed by atoms with E-state index in [0.29, 0.717) is 5.69 Å². The van der Waals surface area contributed by atoms with Crippen LogP contribution in [0.2, 0.25) is 0 Å².